The van der Waals surface area contributed by atoms with Gasteiger partial charge >= 0.3 is 0 Å². The van der Waals surface area contributed by atoms with Crippen molar-refractivity contribution in [2.45, 2.75) is 89.6 Å². The van der Waals surface area contributed by atoms with E-state index in [4.69, 9.17) is 10.00 Å². The quantitative estimate of drug-likeness (QED) is 0.457. The summed E-state index contributed by atoms with van der Waals surface area (Å²) in [6.07, 6.45) is 17.8. The number of hydrogen-bond donors (Lipinski definition) is 0. The highest BCUT2D eigenvalue weighted by Crippen LogP contribution is 2.36. The molecule has 0 aromatic heterocycles. The summed E-state index contributed by atoms with van der Waals surface area (Å²) < 4.78 is 6.28. The molecule has 0 bridgehead atoms. The maximum Gasteiger partial charge on any atom is 0.0908 e. The fraction of sp³-hybridized carbons (Fsp3) is 0.654. The van der Waals surface area contributed by atoms with E-state index >= 15 is 0 Å². The van der Waals surface area contributed by atoms with Crippen molar-refractivity contribution in [3.63, 3.8) is 0 Å². The van der Waals surface area contributed by atoms with Gasteiger partial charge < -0.3 is 4.74 Å². The third-order valence-electron chi connectivity index (χ3n) is 6.85. The van der Waals surface area contributed by atoms with Gasteiger partial charge in [-0.2, -0.15) is 5.26 Å². The monoisotopic (exact) mass is 379 g/mol. The summed E-state index contributed by atoms with van der Waals surface area (Å²) in [5.41, 5.74) is 3.04. The molecule has 1 aromatic rings. The molecular formula is C26H37NO. The molecule has 0 spiro atoms. The summed E-state index contributed by atoms with van der Waals surface area (Å²) in [5, 5.41) is 8.65. The Balaban J connectivity index is 1.34. The minimum atomic E-state index is 0.445. The highest BCUT2D eigenvalue weighted by atomic mass is 16.5. The van der Waals surface area contributed by atoms with Crippen molar-refractivity contribution in [3.05, 3.63) is 47.5 Å². The average molecular weight is 380 g/mol. The van der Waals surface area contributed by atoms with Crippen LogP contribution in [-0.4, -0.2) is 12.7 Å². The first-order valence-corrected chi connectivity index (χ1v) is 11.5. The Kier molecular flexibility index (Phi) is 8.62. The molecule has 0 aliphatic heterocycles. The van der Waals surface area contributed by atoms with E-state index in [1.807, 2.05) is 0 Å². The van der Waals surface area contributed by atoms with E-state index in [1.165, 1.54) is 63.4 Å². The lowest BCUT2D eigenvalue weighted by molar-refractivity contribution is -0.00456. The van der Waals surface area contributed by atoms with Crippen LogP contribution < -0.4 is 0 Å². The van der Waals surface area contributed by atoms with E-state index in [-0.39, 0.29) is 0 Å². The largest absolute Gasteiger partial charge is 0.378 e. The van der Waals surface area contributed by atoms with Crippen LogP contribution in [0.1, 0.15) is 88.2 Å². The Morgan fingerprint density at radius 3 is 2.36 bits per heavy atom. The van der Waals surface area contributed by atoms with Crippen LogP contribution in [0.5, 0.6) is 0 Å². The van der Waals surface area contributed by atoms with Gasteiger partial charge in [0.2, 0.25) is 0 Å². The minimum Gasteiger partial charge on any atom is -0.378 e. The van der Waals surface area contributed by atoms with Gasteiger partial charge in [0.1, 0.15) is 0 Å². The molecule has 0 N–H and O–H groups in total. The van der Waals surface area contributed by atoms with Crippen LogP contribution in [0.15, 0.2) is 36.4 Å². The number of unbranched alkanes of at least 4 members (excludes halogenated alkanes) is 1. The zero-order valence-corrected chi connectivity index (χ0v) is 17.6. The molecule has 0 amide bonds. The van der Waals surface area contributed by atoms with E-state index in [1.54, 1.807) is 11.6 Å². The van der Waals surface area contributed by atoms with Gasteiger partial charge in [0, 0.05) is 12.7 Å². The molecule has 2 aliphatic rings. The van der Waals surface area contributed by atoms with Crippen molar-refractivity contribution in [2.75, 3.05) is 6.61 Å². The number of benzene rings is 1. The lowest BCUT2D eigenvalue weighted by Gasteiger charge is -2.32. The van der Waals surface area contributed by atoms with Crippen LogP contribution in [0, 0.1) is 23.2 Å². The van der Waals surface area contributed by atoms with Crippen LogP contribution >= 0.6 is 0 Å². The molecule has 0 heterocycles. The number of allylic oxidation sites excluding steroid dienone is 2. The van der Waals surface area contributed by atoms with Gasteiger partial charge in [0.15, 0.2) is 0 Å². The van der Waals surface area contributed by atoms with Crippen LogP contribution in [0.3, 0.4) is 0 Å². The summed E-state index contributed by atoms with van der Waals surface area (Å²) in [7, 11) is 0. The molecule has 2 nitrogen and oxygen atoms in total. The topological polar surface area (TPSA) is 33.0 Å². The molecule has 2 aliphatic carbocycles. The molecule has 2 saturated carbocycles. The number of aryl methyl sites for hydroxylation is 1. The lowest BCUT2D eigenvalue weighted by atomic mass is 9.79. The fourth-order valence-electron chi connectivity index (χ4n) is 4.90. The predicted molar refractivity (Wildman–Crippen MR) is 116 cm³/mol. The first kappa shape index (κ1) is 21.1. The first-order chi connectivity index (χ1) is 13.8. The van der Waals surface area contributed by atoms with Crippen molar-refractivity contribution in [2.24, 2.45) is 11.8 Å². The lowest BCUT2D eigenvalue weighted by Crippen LogP contribution is -2.25. The fourth-order valence-corrected chi connectivity index (χ4v) is 4.90. The summed E-state index contributed by atoms with van der Waals surface area (Å²) in [5.74, 6) is 2.08. The summed E-state index contributed by atoms with van der Waals surface area (Å²) in [6, 6.07) is 11.6. The second kappa shape index (κ2) is 11.4. The molecule has 152 valence electrons. The first-order valence-electron chi connectivity index (χ1n) is 11.5. The van der Waals surface area contributed by atoms with Crippen molar-refractivity contribution < 1.29 is 4.74 Å². The number of rotatable bonds is 8. The Labute approximate surface area is 172 Å². The second-order valence-corrected chi connectivity index (χ2v) is 8.92. The summed E-state index contributed by atoms with van der Waals surface area (Å²) in [6.45, 7) is 3.21. The van der Waals surface area contributed by atoms with Gasteiger partial charge in [-0.1, -0.05) is 43.7 Å². The molecule has 1 aromatic carbocycles. The van der Waals surface area contributed by atoms with Crippen molar-refractivity contribution in [1.82, 2.24) is 0 Å². The molecule has 2 fully saturated rings. The van der Waals surface area contributed by atoms with E-state index in [0.29, 0.717) is 12.0 Å². The maximum absolute atomic E-state index is 8.65. The third-order valence-corrected chi connectivity index (χ3v) is 6.85. The molecule has 0 atom stereocenters. The van der Waals surface area contributed by atoms with Gasteiger partial charge in [-0.3, -0.25) is 0 Å². The maximum atomic E-state index is 8.65. The van der Waals surface area contributed by atoms with Crippen LogP contribution in [0.4, 0.5) is 0 Å². The number of nitrogens with zero attached hydrogens (tertiary/aromatic N) is 1. The van der Waals surface area contributed by atoms with Gasteiger partial charge in [0.05, 0.1) is 12.2 Å². The zero-order valence-electron chi connectivity index (χ0n) is 17.6. The Morgan fingerprint density at radius 1 is 1.00 bits per heavy atom. The predicted octanol–water partition coefficient (Wildman–Crippen LogP) is 6.96. The van der Waals surface area contributed by atoms with Crippen molar-refractivity contribution >= 4 is 0 Å². The highest BCUT2D eigenvalue weighted by Gasteiger charge is 2.25. The molecule has 2 heteroatoms. The number of nitriles is 1. The third kappa shape index (κ3) is 6.49. The second-order valence-electron chi connectivity index (χ2n) is 8.92. The molecule has 0 unspecified atom stereocenters. The van der Waals surface area contributed by atoms with Gasteiger partial charge in [-0.05, 0) is 93.1 Å². The summed E-state index contributed by atoms with van der Waals surface area (Å²) in [4.78, 5) is 0. The average Bonchev–Trinajstić information content (AvgIpc) is 2.76. The van der Waals surface area contributed by atoms with Gasteiger partial charge in [-0.25, -0.2) is 0 Å². The van der Waals surface area contributed by atoms with E-state index < -0.39 is 0 Å². The van der Waals surface area contributed by atoms with Crippen LogP contribution in [-0.2, 0) is 11.2 Å². The van der Waals surface area contributed by atoms with E-state index in [9.17, 15) is 0 Å². The SMILES string of the molecule is CCCCc1ccc([C@H]2CC[C@H](CO[C@H]3CC[C@H](C=CC#N)CC3)CC2)cc1. The van der Waals surface area contributed by atoms with Gasteiger partial charge in [-0.15, -0.1) is 0 Å². The van der Waals surface area contributed by atoms with E-state index in [2.05, 4.69) is 43.3 Å². The molecule has 0 saturated heterocycles. The zero-order chi connectivity index (χ0) is 19.6. The minimum absolute atomic E-state index is 0.445. The smallest absolute Gasteiger partial charge is 0.0908 e. The number of ether oxygens (including phenoxy) is 1. The van der Waals surface area contributed by atoms with Crippen LogP contribution in [0.25, 0.3) is 0 Å². The number of hydrogen-bond acceptors (Lipinski definition) is 2. The Bertz CT molecular complexity index is 625. The molecular weight excluding hydrogens is 342 g/mol. The van der Waals surface area contributed by atoms with Crippen LogP contribution in [0.2, 0.25) is 0 Å². The van der Waals surface area contributed by atoms with Crippen molar-refractivity contribution in [3.8, 4) is 6.07 Å². The molecule has 28 heavy (non-hydrogen) atoms. The normalized spacial score (nSPS) is 28.3. The molecule has 0 radical (unpaired) electrons. The van der Waals surface area contributed by atoms with E-state index in [0.717, 1.165) is 31.3 Å². The Hall–Kier alpha value is -1.59. The Morgan fingerprint density at radius 2 is 1.71 bits per heavy atom. The standard InChI is InChI=1S/C26H37NO/c1-2-3-5-21-7-13-24(14-8-21)25-15-9-23(10-16-25)20-28-26-17-11-22(12-18-26)6-4-19-27/h4,6-8,13-14,22-23,25-26H,2-3,5,9-12,15-18,20H2,1H3/t22-,23-,25-,26-. The van der Waals surface area contributed by atoms with Crippen molar-refractivity contribution in [1.29, 1.82) is 5.26 Å². The summed E-state index contributed by atoms with van der Waals surface area (Å²) >= 11 is 0. The molecule has 3 rings (SSSR count). The van der Waals surface area contributed by atoms with Gasteiger partial charge in [0.25, 0.3) is 0 Å². The highest BCUT2D eigenvalue weighted by molar-refractivity contribution is 5.26.